The van der Waals surface area contributed by atoms with Crippen LogP contribution in [0.25, 0.3) is 11.0 Å². The van der Waals surface area contributed by atoms with Crippen LogP contribution in [0.1, 0.15) is 21.5 Å². The topological polar surface area (TPSA) is 119 Å². The molecule has 1 aromatic heterocycles. The van der Waals surface area contributed by atoms with Crippen molar-refractivity contribution in [3.05, 3.63) is 87.9 Å². The first-order valence-corrected chi connectivity index (χ1v) is 9.89. The van der Waals surface area contributed by atoms with Crippen LogP contribution in [0, 0.1) is 11.6 Å². The fourth-order valence-corrected chi connectivity index (χ4v) is 4.16. The van der Waals surface area contributed by atoms with Gasteiger partial charge in [0.25, 0.3) is 5.91 Å². The molecule has 11 heteroatoms. The van der Waals surface area contributed by atoms with E-state index >= 15 is 0 Å². The van der Waals surface area contributed by atoms with Gasteiger partial charge in [0.05, 0.1) is 16.7 Å². The summed E-state index contributed by atoms with van der Waals surface area (Å²) in [6, 6.07) is 12.6. The first-order valence-electron chi connectivity index (χ1n) is 9.52. The Bertz CT molecular complexity index is 1470. The Morgan fingerprint density at radius 3 is 2.67 bits per heavy atom. The largest absolute Gasteiger partial charge is 0.465 e. The van der Waals surface area contributed by atoms with E-state index in [-0.39, 0.29) is 22.6 Å². The smallest absolute Gasteiger partial charge is 0.411 e. The standard InChI is InChI=1S/C22H13ClF2N4O4/c23-17-13(24)6-8-16(18(17)25)29-19(30)11-3-1-2-4-12(11)22(29,33)10-5-7-14-15(9-10)27-20(26-14)28-21(31)32/h1-9,33H,(H,31,32)(H2,26,27,28). The van der Waals surface area contributed by atoms with Gasteiger partial charge >= 0.3 is 6.09 Å². The number of carbonyl (C=O) groups is 2. The van der Waals surface area contributed by atoms with Crippen LogP contribution in [0.15, 0.2) is 54.6 Å². The minimum Gasteiger partial charge on any atom is -0.465 e. The molecule has 0 saturated carbocycles. The van der Waals surface area contributed by atoms with Crippen LogP contribution in [-0.2, 0) is 5.72 Å². The highest BCUT2D eigenvalue weighted by Gasteiger charge is 2.51. The molecule has 5 rings (SSSR count). The molecule has 8 nitrogen and oxygen atoms in total. The predicted octanol–water partition coefficient (Wildman–Crippen LogP) is 4.44. The quantitative estimate of drug-likeness (QED) is 0.330. The van der Waals surface area contributed by atoms with Crippen molar-refractivity contribution in [2.24, 2.45) is 0 Å². The molecule has 0 saturated heterocycles. The number of carbonyl (C=O) groups excluding carboxylic acids is 1. The second kappa shape index (κ2) is 7.26. The van der Waals surface area contributed by atoms with Crippen molar-refractivity contribution in [3.63, 3.8) is 0 Å². The maximum Gasteiger partial charge on any atom is 0.411 e. The van der Waals surface area contributed by atoms with Gasteiger partial charge in [0.15, 0.2) is 11.5 Å². The lowest BCUT2D eigenvalue weighted by Crippen LogP contribution is -2.45. The minimum absolute atomic E-state index is 0.0437. The summed E-state index contributed by atoms with van der Waals surface area (Å²) in [6.07, 6.45) is -1.32. The Hall–Kier alpha value is -4.02. The average Bonchev–Trinajstić information content (AvgIpc) is 3.28. The second-order valence-corrected chi connectivity index (χ2v) is 7.68. The Labute approximate surface area is 189 Å². The lowest BCUT2D eigenvalue weighted by atomic mass is 9.93. The molecule has 0 radical (unpaired) electrons. The number of anilines is 2. The molecule has 2 amide bonds. The molecule has 0 spiro atoms. The molecule has 4 aromatic rings. The number of nitrogens with one attached hydrogen (secondary N) is 2. The van der Waals surface area contributed by atoms with Gasteiger partial charge in [-0.15, -0.1) is 0 Å². The summed E-state index contributed by atoms with van der Waals surface area (Å²) in [5.41, 5.74) is -1.42. The van der Waals surface area contributed by atoms with Crippen LogP contribution >= 0.6 is 11.6 Å². The highest BCUT2D eigenvalue weighted by atomic mass is 35.5. The number of aromatic nitrogens is 2. The van der Waals surface area contributed by atoms with E-state index in [9.17, 15) is 23.5 Å². The number of carboxylic acid groups (broad SMARTS) is 1. The van der Waals surface area contributed by atoms with Crippen LogP contribution in [0.2, 0.25) is 5.02 Å². The van der Waals surface area contributed by atoms with Crippen molar-refractivity contribution in [2.75, 3.05) is 10.2 Å². The highest BCUT2D eigenvalue weighted by molar-refractivity contribution is 6.31. The van der Waals surface area contributed by atoms with E-state index in [1.54, 1.807) is 12.1 Å². The van der Waals surface area contributed by atoms with E-state index in [1.807, 2.05) is 0 Å². The van der Waals surface area contributed by atoms with E-state index in [1.165, 1.54) is 30.3 Å². The number of rotatable bonds is 3. The maximum atomic E-state index is 15.0. The highest BCUT2D eigenvalue weighted by Crippen LogP contribution is 2.46. The fourth-order valence-electron chi connectivity index (χ4n) is 4.01. The molecule has 3 aromatic carbocycles. The first kappa shape index (κ1) is 20.9. The summed E-state index contributed by atoms with van der Waals surface area (Å²) in [6.45, 7) is 0. The molecule has 33 heavy (non-hydrogen) atoms. The number of amides is 2. The number of hydrogen-bond donors (Lipinski definition) is 4. The van der Waals surface area contributed by atoms with E-state index < -0.39 is 40.1 Å². The number of aliphatic hydroxyl groups is 1. The normalized spacial score (nSPS) is 17.5. The third kappa shape index (κ3) is 3.03. The number of hydrogen-bond acceptors (Lipinski definition) is 4. The average molecular weight is 471 g/mol. The second-order valence-electron chi connectivity index (χ2n) is 7.30. The number of fused-ring (bicyclic) bond motifs is 2. The number of H-pyrrole nitrogens is 1. The number of benzene rings is 3. The van der Waals surface area contributed by atoms with Gasteiger partial charge in [-0.3, -0.25) is 15.0 Å². The van der Waals surface area contributed by atoms with Crippen LogP contribution in [0.5, 0.6) is 0 Å². The minimum atomic E-state index is -2.19. The summed E-state index contributed by atoms with van der Waals surface area (Å²) in [5, 5.41) is 22.1. The van der Waals surface area contributed by atoms with Crippen molar-refractivity contribution in [3.8, 4) is 0 Å². The van der Waals surface area contributed by atoms with E-state index in [2.05, 4.69) is 15.3 Å². The van der Waals surface area contributed by atoms with Gasteiger partial charge in [0, 0.05) is 16.7 Å². The Morgan fingerprint density at radius 1 is 1.15 bits per heavy atom. The summed E-state index contributed by atoms with van der Waals surface area (Å²) in [4.78, 5) is 31.9. The van der Waals surface area contributed by atoms with E-state index in [4.69, 9.17) is 16.7 Å². The van der Waals surface area contributed by atoms with Gasteiger partial charge in [-0.2, -0.15) is 0 Å². The lowest BCUT2D eigenvalue weighted by Gasteiger charge is -2.35. The molecule has 166 valence electrons. The van der Waals surface area contributed by atoms with Crippen molar-refractivity contribution >= 4 is 46.3 Å². The third-order valence-electron chi connectivity index (χ3n) is 5.43. The molecule has 1 atom stereocenters. The van der Waals surface area contributed by atoms with E-state index in [0.717, 1.165) is 17.0 Å². The summed E-state index contributed by atoms with van der Waals surface area (Å²) < 4.78 is 28.8. The molecule has 4 N–H and O–H groups in total. The fraction of sp³-hybridized carbons (Fsp3) is 0.0455. The number of aromatic amines is 1. The van der Waals surface area contributed by atoms with Gasteiger partial charge in [0.2, 0.25) is 5.95 Å². The molecule has 1 unspecified atom stereocenters. The number of nitrogens with zero attached hydrogens (tertiary/aromatic N) is 2. The van der Waals surface area contributed by atoms with Crippen molar-refractivity contribution in [1.82, 2.24) is 9.97 Å². The molecule has 2 heterocycles. The van der Waals surface area contributed by atoms with Crippen molar-refractivity contribution in [2.45, 2.75) is 5.72 Å². The SMILES string of the molecule is O=C(O)Nc1nc2ccc(C3(O)c4ccccc4C(=O)N3c3ccc(F)c(Cl)c3F)cc2[nH]1. The van der Waals surface area contributed by atoms with Crippen LogP contribution in [0.3, 0.4) is 0 Å². The Kier molecular flexibility index (Phi) is 4.59. The molecule has 0 aliphatic carbocycles. The van der Waals surface area contributed by atoms with Gasteiger partial charge in [-0.1, -0.05) is 35.9 Å². The molecule has 0 bridgehead atoms. The van der Waals surface area contributed by atoms with Crippen molar-refractivity contribution < 1.29 is 28.6 Å². The number of imidazole rings is 1. The van der Waals surface area contributed by atoms with Crippen LogP contribution in [0.4, 0.5) is 25.2 Å². The third-order valence-corrected chi connectivity index (χ3v) is 5.77. The Morgan fingerprint density at radius 2 is 1.91 bits per heavy atom. The zero-order chi connectivity index (χ0) is 23.5. The molecular weight excluding hydrogens is 458 g/mol. The predicted molar refractivity (Wildman–Crippen MR) is 115 cm³/mol. The lowest BCUT2D eigenvalue weighted by molar-refractivity contribution is 0.0699. The molecule has 1 aliphatic rings. The van der Waals surface area contributed by atoms with Crippen LogP contribution in [-0.4, -0.2) is 32.2 Å². The van der Waals surface area contributed by atoms with Gasteiger partial charge in [-0.25, -0.2) is 18.6 Å². The van der Waals surface area contributed by atoms with Gasteiger partial charge in [-0.05, 0) is 30.3 Å². The number of halogens is 3. The summed E-state index contributed by atoms with van der Waals surface area (Å²) >= 11 is 5.74. The zero-order valence-electron chi connectivity index (χ0n) is 16.4. The maximum absolute atomic E-state index is 15.0. The van der Waals surface area contributed by atoms with E-state index in [0.29, 0.717) is 11.0 Å². The van der Waals surface area contributed by atoms with Crippen molar-refractivity contribution in [1.29, 1.82) is 0 Å². The monoisotopic (exact) mass is 470 g/mol. The molecule has 1 aliphatic heterocycles. The molecular formula is C22H13ClF2N4O4. The van der Waals surface area contributed by atoms with Gasteiger partial charge < -0.3 is 15.2 Å². The van der Waals surface area contributed by atoms with Crippen LogP contribution < -0.4 is 10.2 Å². The summed E-state index contributed by atoms with van der Waals surface area (Å²) in [7, 11) is 0. The summed E-state index contributed by atoms with van der Waals surface area (Å²) in [5.74, 6) is -2.97. The van der Waals surface area contributed by atoms with Gasteiger partial charge in [0.1, 0.15) is 10.8 Å². The molecule has 0 fully saturated rings. The zero-order valence-corrected chi connectivity index (χ0v) is 17.2. The Balaban J connectivity index is 1.74. The first-order chi connectivity index (χ1) is 15.7.